The van der Waals surface area contributed by atoms with Crippen LogP contribution in [0.5, 0.6) is 5.75 Å². The highest BCUT2D eigenvalue weighted by Gasteiger charge is 2.08. The first kappa shape index (κ1) is 13.8. The Morgan fingerprint density at radius 1 is 1.37 bits per heavy atom. The van der Waals surface area contributed by atoms with Gasteiger partial charge in [0.2, 0.25) is 0 Å². The molecule has 1 aromatic heterocycles. The van der Waals surface area contributed by atoms with E-state index in [9.17, 15) is 9.90 Å². The van der Waals surface area contributed by atoms with Gasteiger partial charge in [-0.25, -0.2) is 0 Å². The molecule has 2 rings (SSSR count). The minimum absolute atomic E-state index is 0.113. The number of hydrogen-bond donors (Lipinski definition) is 2. The predicted octanol–water partition coefficient (Wildman–Crippen LogP) is 2.63. The molecule has 0 aliphatic carbocycles. The van der Waals surface area contributed by atoms with Crippen molar-refractivity contribution in [3.63, 3.8) is 0 Å². The van der Waals surface area contributed by atoms with Crippen LogP contribution in [0.3, 0.4) is 0 Å². The van der Waals surface area contributed by atoms with Crippen LogP contribution in [0.1, 0.15) is 21.7 Å². The molecule has 98 valence electrons. The number of nitrogens with one attached hydrogen (secondary N) is 1. The van der Waals surface area contributed by atoms with Crippen molar-refractivity contribution in [2.45, 2.75) is 13.5 Å². The maximum absolute atomic E-state index is 11.9. The van der Waals surface area contributed by atoms with E-state index in [0.717, 1.165) is 15.0 Å². The van der Waals surface area contributed by atoms with Crippen LogP contribution in [0.2, 0.25) is 0 Å². The molecule has 19 heavy (non-hydrogen) atoms. The number of carbonyl (C=O) groups is 1. The summed E-state index contributed by atoms with van der Waals surface area (Å²) in [6, 6.07) is 10.5. The maximum atomic E-state index is 11.9. The number of aryl methyl sites for hydroxylation is 1. The number of phenolic OH excluding ortho intramolecular Hbond substituents is 1. The van der Waals surface area contributed by atoms with Crippen LogP contribution in [-0.2, 0) is 6.54 Å². The SMILES string of the molecule is Cc1cccc(CNC(=O)c2ccc(I)c(O)c2)n1. The fraction of sp³-hybridized carbons (Fsp3) is 0.143. The van der Waals surface area contributed by atoms with Gasteiger partial charge >= 0.3 is 0 Å². The number of aromatic nitrogens is 1. The zero-order valence-electron chi connectivity index (χ0n) is 10.4. The number of phenols is 1. The largest absolute Gasteiger partial charge is 0.507 e. The normalized spacial score (nSPS) is 10.2. The number of amides is 1. The second-order valence-electron chi connectivity index (χ2n) is 4.12. The lowest BCUT2D eigenvalue weighted by Crippen LogP contribution is -2.23. The van der Waals surface area contributed by atoms with Crippen molar-refractivity contribution >= 4 is 28.5 Å². The summed E-state index contributed by atoms with van der Waals surface area (Å²) in [6.45, 7) is 2.27. The van der Waals surface area contributed by atoms with Crippen molar-refractivity contribution in [3.05, 3.63) is 56.9 Å². The fourth-order valence-corrected chi connectivity index (χ4v) is 1.96. The molecule has 0 aliphatic heterocycles. The third kappa shape index (κ3) is 3.66. The van der Waals surface area contributed by atoms with Crippen LogP contribution in [0.15, 0.2) is 36.4 Å². The number of benzene rings is 1. The molecule has 0 unspecified atom stereocenters. The van der Waals surface area contributed by atoms with Crippen molar-refractivity contribution in [2.75, 3.05) is 0 Å². The van der Waals surface area contributed by atoms with Crippen molar-refractivity contribution in [2.24, 2.45) is 0 Å². The Hall–Kier alpha value is -1.63. The van der Waals surface area contributed by atoms with Crippen molar-refractivity contribution < 1.29 is 9.90 Å². The third-order valence-electron chi connectivity index (χ3n) is 2.58. The van der Waals surface area contributed by atoms with Gasteiger partial charge < -0.3 is 10.4 Å². The molecular weight excluding hydrogens is 355 g/mol. The Kier molecular flexibility index (Phi) is 4.36. The Labute approximate surface area is 125 Å². The average molecular weight is 368 g/mol. The minimum Gasteiger partial charge on any atom is -0.507 e. The second kappa shape index (κ2) is 6.01. The molecule has 2 aromatic rings. The Morgan fingerprint density at radius 3 is 2.84 bits per heavy atom. The van der Waals surface area contributed by atoms with Crippen LogP contribution >= 0.6 is 22.6 Å². The van der Waals surface area contributed by atoms with E-state index < -0.39 is 0 Å². The summed E-state index contributed by atoms with van der Waals surface area (Å²) >= 11 is 2.01. The summed E-state index contributed by atoms with van der Waals surface area (Å²) in [5.41, 5.74) is 2.16. The minimum atomic E-state index is -0.227. The summed E-state index contributed by atoms with van der Waals surface area (Å²) < 4.78 is 0.717. The Morgan fingerprint density at radius 2 is 2.16 bits per heavy atom. The highest BCUT2D eigenvalue weighted by atomic mass is 127. The van der Waals surface area contributed by atoms with Crippen LogP contribution in [0.4, 0.5) is 0 Å². The van der Waals surface area contributed by atoms with Gasteiger partial charge in [-0.15, -0.1) is 0 Å². The van der Waals surface area contributed by atoms with Crippen LogP contribution in [-0.4, -0.2) is 16.0 Å². The summed E-state index contributed by atoms with van der Waals surface area (Å²) in [5.74, 6) is -0.114. The van der Waals surface area contributed by atoms with Crippen molar-refractivity contribution in [1.82, 2.24) is 10.3 Å². The van der Waals surface area contributed by atoms with E-state index in [1.807, 2.05) is 47.7 Å². The van der Waals surface area contributed by atoms with E-state index >= 15 is 0 Å². The van der Waals surface area contributed by atoms with E-state index in [0.29, 0.717) is 12.1 Å². The molecule has 5 heteroatoms. The maximum Gasteiger partial charge on any atom is 0.251 e. The first-order chi connectivity index (χ1) is 9.06. The number of halogens is 1. The Balaban J connectivity index is 2.03. The highest BCUT2D eigenvalue weighted by Crippen LogP contribution is 2.20. The van der Waals surface area contributed by atoms with E-state index in [4.69, 9.17) is 0 Å². The molecule has 0 radical (unpaired) electrons. The summed E-state index contributed by atoms with van der Waals surface area (Å²) in [7, 11) is 0. The molecule has 1 heterocycles. The first-order valence-corrected chi connectivity index (χ1v) is 6.83. The molecule has 1 aromatic carbocycles. The molecule has 4 nitrogen and oxygen atoms in total. The molecule has 0 saturated carbocycles. The molecule has 0 saturated heterocycles. The molecular formula is C14H13IN2O2. The summed E-state index contributed by atoms with van der Waals surface area (Å²) in [4.78, 5) is 16.2. The predicted molar refractivity (Wildman–Crippen MR) is 81.0 cm³/mol. The lowest BCUT2D eigenvalue weighted by Gasteiger charge is -2.06. The van der Waals surface area contributed by atoms with Crippen LogP contribution < -0.4 is 5.32 Å². The number of hydrogen-bond acceptors (Lipinski definition) is 3. The van der Waals surface area contributed by atoms with Gasteiger partial charge in [-0.3, -0.25) is 9.78 Å². The molecule has 1 amide bonds. The summed E-state index contributed by atoms with van der Waals surface area (Å²) in [5, 5.41) is 12.3. The topological polar surface area (TPSA) is 62.2 Å². The zero-order chi connectivity index (χ0) is 13.8. The number of nitrogens with zero attached hydrogens (tertiary/aromatic N) is 1. The second-order valence-corrected chi connectivity index (χ2v) is 5.28. The van der Waals surface area contributed by atoms with Crippen LogP contribution in [0.25, 0.3) is 0 Å². The molecule has 2 N–H and O–H groups in total. The van der Waals surface area contributed by atoms with E-state index in [2.05, 4.69) is 10.3 Å². The van der Waals surface area contributed by atoms with Crippen LogP contribution in [0, 0.1) is 10.5 Å². The van der Waals surface area contributed by atoms with Crippen molar-refractivity contribution in [1.29, 1.82) is 0 Å². The van der Waals surface area contributed by atoms with Gasteiger partial charge in [0.25, 0.3) is 5.91 Å². The van der Waals surface area contributed by atoms with E-state index in [1.165, 1.54) is 6.07 Å². The quantitative estimate of drug-likeness (QED) is 0.819. The third-order valence-corrected chi connectivity index (χ3v) is 3.50. The lowest BCUT2D eigenvalue weighted by atomic mass is 10.2. The molecule has 0 fully saturated rings. The van der Waals surface area contributed by atoms with Gasteiger partial charge in [-0.05, 0) is 59.8 Å². The molecule has 0 atom stereocenters. The number of pyridine rings is 1. The van der Waals surface area contributed by atoms with E-state index in [-0.39, 0.29) is 11.7 Å². The highest BCUT2D eigenvalue weighted by molar-refractivity contribution is 14.1. The van der Waals surface area contributed by atoms with Crippen molar-refractivity contribution in [3.8, 4) is 5.75 Å². The monoisotopic (exact) mass is 368 g/mol. The fourth-order valence-electron chi connectivity index (χ4n) is 1.62. The lowest BCUT2D eigenvalue weighted by molar-refractivity contribution is 0.0950. The molecule has 0 bridgehead atoms. The average Bonchev–Trinajstić information content (AvgIpc) is 2.39. The van der Waals surface area contributed by atoms with Gasteiger partial charge in [0.05, 0.1) is 15.8 Å². The standard InChI is InChI=1S/C14H13IN2O2/c1-9-3-2-4-11(17-9)8-16-14(19)10-5-6-12(15)13(18)7-10/h2-7,18H,8H2,1H3,(H,16,19). The first-order valence-electron chi connectivity index (χ1n) is 5.75. The van der Waals surface area contributed by atoms with Gasteiger partial charge in [0.15, 0.2) is 0 Å². The number of carbonyl (C=O) groups excluding carboxylic acids is 1. The van der Waals surface area contributed by atoms with Gasteiger partial charge in [0, 0.05) is 11.3 Å². The zero-order valence-corrected chi connectivity index (χ0v) is 12.5. The van der Waals surface area contributed by atoms with E-state index in [1.54, 1.807) is 12.1 Å². The smallest absolute Gasteiger partial charge is 0.251 e. The Bertz CT molecular complexity index is 614. The molecule has 0 spiro atoms. The molecule has 0 aliphatic rings. The van der Waals surface area contributed by atoms with Gasteiger partial charge in [-0.1, -0.05) is 6.07 Å². The number of aromatic hydroxyl groups is 1. The van der Waals surface area contributed by atoms with Gasteiger partial charge in [0.1, 0.15) is 5.75 Å². The van der Waals surface area contributed by atoms with Gasteiger partial charge in [-0.2, -0.15) is 0 Å². The number of rotatable bonds is 3. The summed E-state index contributed by atoms with van der Waals surface area (Å²) in [6.07, 6.45) is 0.